The first-order valence-electron chi connectivity index (χ1n) is 6.61. The van der Waals surface area contributed by atoms with E-state index < -0.39 is 0 Å². The van der Waals surface area contributed by atoms with Crippen molar-refractivity contribution in [1.82, 2.24) is 10.3 Å². The Labute approximate surface area is 107 Å². The van der Waals surface area contributed by atoms with Gasteiger partial charge in [-0.1, -0.05) is 0 Å². The molecular weight excluding hydrogens is 226 g/mol. The molecule has 0 bridgehead atoms. The minimum absolute atomic E-state index is 0.0286. The van der Waals surface area contributed by atoms with Gasteiger partial charge in [-0.05, 0) is 56.1 Å². The Morgan fingerprint density at radius 2 is 2.22 bits per heavy atom. The molecule has 0 saturated heterocycles. The molecule has 0 unspecified atom stereocenters. The monoisotopic (exact) mass is 245 g/mol. The highest BCUT2D eigenvalue weighted by atomic mass is 16.1. The van der Waals surface area contributed by atoms with Crippen LogP contribution in [0, 0.1) is 18.3 Å². The predicted octanol–water partition coefficient (Wildman–Crippen LogP) is 1.89. The van der Waals surface area contributed by atoms with Crippen LogP contribution in [0.4, 0.5) is 5.82 Å². The van der Waals surface area contributed by atoms with Crippen molar-refractivity contribution in [3.8, 4) is 0 Å². The molecule has 1 aromatic rings. The molecule has 0 aliphatic heterocycles. The highest BCUT2D eigenvalue weighted by Gasteiger charge is 2.53. The fourth-order valence-corrected chi connectivity index (χ4v) is 2.77. The highest BCUT2D eigenvalue weighted by molar-refractivity contribution is 5.94. The fourth-order valence-electron chi connectivity index (χ4n) is 2.77. The lowest BCUT2D eigenvalue weighted by Gasteiger charge is -2.15. The zero-order valence-electron chi connectivity index (χ0n) is 10.7. The lowest BCUT2D eigenvalue weighted by atomic mass is 10.0. The Bertz CT molecular complexity index is 470. The van der Waals surface area contributed by atoms with Crippen LogP contribution in [0.2, 0.25) is 0 Å². The van der Waals surface area contributed by atoms with E-state index in [0.717, 1.165) is 18.2 Å². The van der Waals surface area contributed by atoms with E-state index in [9.17, 15) is 4.79 Å². The summed E-state index contributed by atoms with van der Waals surface area (Å²) in [5.74, 6) is 1.24. The molecule has 3 N–H and O–H groups in total. The van der Waals surface area contributed by atoms with Crippen LogP contribution in [0.5, 0.6) is 0 Å². The van der Waals surface area contributed by atoms with E-state index in [2.05, 4.69) is 10.3 Å². The minimum Gasteiger partial charge on any atom is -0.384 e. The number of hydrogen-bond donors (Lipinski definition) is 2. The molecule has 1 aromatic heterocycles. The van der Waals surface area contributed by atoms with Gasteiger partial charge in [0.15, 0.2) is 0 Å². The number of nitrogens with two attached hydrogens (primary N) is 1. The molecule has 2 saturated carbocycles. The zero-order chi connectivity index (χ0) is 12.8. The van der Waals surface area contributed by atoms with Gasteiger partial charge in [-0.15, -0.1) is 0 Å². The summed E-state index contributed by atoms with van der Waals surface area (Å²) in [6.45, 7) is 2.66. The molecule has 0 atom stereocenters. The lowest BCUT2D eigenvalue weighted by Crippen LogP contribution is -2.31. The molecule has 4 nitrogen and oxygen atoms in total. The number of aromatic nitrogens is 1. The zero-order valence-corrected chi connectivity index (χ0v) is 10.7. The molecule has 4 heteroatoms. The van der Waals surface area contributed by atoms with Gasteiger partial charge in [0, 0.05) is 17.8 Å². The van der Waals surface area contributed by atoms with Crippen LogP contribution in [0.1, 0.15) is 41.7 Å². The summed E-state index contributed by atoms with van der Waals surface area (Å²) in [5.41, 5.74) is 7.49. The Morgan fingerprint density at radius 3 is 2.78 bits per heavy atom. The highest BCUT2D eigenvalue weighted by Crippen LogP contribution is 2.60. The quantitative estimate of drug-likeness (QED) is 0.851. The van der Waals surface area contributed by atoms with E-state index in [1.54, 1.807) is 12.1 Å². The maximum absolute atomic E-state index is 12.1. The van der Waals surface area contributed by atoms with E-state index in [0.29, 0.717) is 16.8 Å². The molecule has 2 fully saturated rings. The van der Waals surface area contributed by atoms with Gasteiger partial charge in [0.05, 0.1) is 0 Å². The summed E-state index contributed by atoms with van der Waals surface area (Å²) in [4.78, 5) is 16.1. The molecule has 96 valence electrons. The van der Waals surface area contributed by atoms with Crippen molar-refractivity contribution >= 4 is 11.7 Å². The number of rotatable bonds is 4. The second-order valence-corrected chi connectivity index (χ2v) is 5.74. The van der Waals surface area contributed by atoms with E-state index >= 15 is 0 Å². The van der Waals surface area contributed by atoms with Gasteiger partial charge in [-0.25, -0.2) is 4.98 Å². The van der Waals surface area contributed by atoms with Crippen LogP contribution in [-0.4, -0.2) is 17.4 Å². The maximum atomic E-state index is 12.1. The summed E-state index contributed by atoms with van der Waals surface area (Å²) < 4.78 is 0. The Kier molecular flexibility index (Phi) is 2.54. The summed E-state index contributed by atoms with van der Waals surface area (Å²) >= 11 is 0. The first kappa shape index (κ1) is 11.5. The molecule has 0 spiro atoms. The van der Waals surface area contributed by atoms with Gasteiger partial charge in [-0.3, -0.25) is 4.79 Å². The van der Waals surface area contributed by atoms with Crippen LogP contribution >= 0.6 is 0 Å². The molecule has 1 heterocycles. The average molecular weight is 245 g/mol. The van der Waals surface area contributed by atoms with Crippen molar-refractivity contribution < 1.29 is 4.79 Å². The van der Waals surface area contributed by atoms with Crippen LogP contribution in [-0.2, 0) is 0 Å². The molecule has 18 heavy (non-hydrogen) atoms. The third kappa shape index (κ3) is 2.19. The largest absolute Gasteiger partial charge is 0.384 e. The number of nitrogen functional groups attached to an aromatic ring is 1. The second kappa shape index (κ2) is 3.97. The number of nitrogens with zero attached hydrogens (tertiary/aromatic N) is 1. The Morgan fingerprint density at radius 1 is 1.50 bits per heavy atom. The first-order valence-corrected chi connectivity index (χ1v) is 6.61. The van der Waals surface area contributed by atoms with Crippen LogP contribution in [0.15, 0.2) is 12.1 Å². The SMILES string of the molecule is Cc1cc(C(=O)NCC2(C3CC3)CC2)cc(N)n1. The predicted molar refractivity (Wildman–Crippen MR) is 70.1 cm³/mol. The molecule has 1 amide bonds. The fraction of sp³-hybridized carbons (Fsp3) is 0.571. The van der Waals surface area contributed by atoms with Crippen molar-refractivity contribution in [2.24, 2.45) is 11.3 Å². The van der Waals surface area contributed by atoms with Gasteiger partial charge in [0.1, 0.15) is 5.82 Å². The smallest absolute Gasteiger partial charge is 0.251 e. The molecular formula is C14H19N3O. The van der Waals surface area contributed by atoms with E-state index in [4.69, 9.17) is 5.73 Å². The third-order valence-electron chi connectivity index (χ3n) is 4.17. The van der Waals surface area contributed by atoms with E-state index in [1.807, 2.05) is 6.92 Å². The number of pyridine rings is 1. The molecule has 3 rings (SSSR count). The minimum atomic E-state index is -0.0286. The topological polar surface area (TPSA) is 68.0 Å². The van der Waals surface area contributed by atoms with Gasteiger partial charge in [0.25, 0.3) is 5.91 Å². The molecule has 0 aromatic carbocycles. The standard InChI is InChI=1S/C14H19N3O/c1-9-6-10(7-12(15)17-9)13(18)16-8-14(4-5-14)11-2-3-11/h6-7,11H,2-5,8H2,1H3,(H2,15,17)(H,16,18). The molecule has 0 radical (unpaired) electrons. The summed E-state index contributed by atoms with van der Waals surface area (Å²) in [6, 6.07) is 3.42. The van der Waals surface area contributed by atoms with Crippen molar-refractivity contribution in [3.05, 3.63) is 23.4 Å². The number of amides is 1. The summed E-state index contributed by atoms with van der Waals surface area (Å²) in [5, 5.41) is 3.06. The number of carbonyl (C=O) groups excluding carboxylic acids is 1. The van der Waals surface area contributed by atoms with Crippen LogP contribution < -0.4 is 11.1 Å². The van der Waals surface area contributed by atoms with Crippen LogP contribution in [0.3, 0.4) is 0 Å². The van der Waals surface area contributed by atoms with Gasteiger partial charge in [-0.2, -0.15) is 0 Å². The average Bonchev–Trinajstić information content (AvgIpc) is 3.15. The van der Waals surface area contributed by atoms with Gasteiger partial charge >= 0.3 is 0 Å². The maximum Gasteiger partial charge on any atom is 0.251 e. The normalized spacial score (nSPS) is 20.5. The number of aryl methyl sites for hydroxylation is 1. The first-order chi connectivity index (χ1) is 8.59. The summed E-state index contributed by atoms with van der Waals surface area (Å²) in [6.07, 6.45) is 5.24. The number of anilines is 1. The number of nitrogens with one attached hydrogen (secondary N) is 1. The van der Waals surface area contributed by atoms with Gasteiger partial charge < -0.3 is 11.1 Å². The lowest BCUT2D eigenvalue weighted by molar-refractivity contribution is 0.0942. The summed E-state index contributed by atoms with van der Waals surface area (Å²) in [7, 11) is 0. The Hall–Kier alpha value is -1.58. The third-order valence-corrected chi connectivity index (χ3v) is 4.17. The Balaban J connectivity index is 1.64. The van der Waals surface area contributed by atoms with Crippen LogP contribution in [0.25, 0.3) is 0 Å². The molecule has 2 aliphatic carbocycles. The second-order valence-electron chi connectivity index (χ2n) is 5.74. The number of carbonyl (C=O) groups is 1. The van der Waals surface area contributed by atoms with Crippen molar-refractivity contribution in [2.75, 3.05) is 12.3 Å². The molecule has 2 aliphatic rings. The van der Waals surface area contributed by atoms with E-state index in [-0.39, 0.29) is 5.91 Å². The van der Waals surface area contributed by atoms with Crippen molar-refractivity contribution in [1.29, 1.82) is 0 Å². The van der Waals surface area contributed by atoms with E-state index in [1.165, 1.54) is 25.7 Å². The van der Waals surface area contributed by atoms with Crippen molar-refractivity contribution in [3.63, 3.8) is 0 Å². The van der Waals surface area contributed by atoms with Crippen molar-refractivity contribution in [2.45, 2.75) is 32.6 Å². The van der Waals surface area contributed by atoms with Gasteiger partial charge in [0.2, 0.25) is 0 Å². The number of hydrogen-bond acceptors (Lipinski definition) is 3.